The molecule has 0 unspecified atom stereocenters. The summed E-state index contributed by atoms with van der Waals surface area (Å²) in [4.78, 5) is 0. The highest BCUT2D eigenvalue weighted by Gasteiger charge is 2.31. The van der Waals surface area contributed by atoms with Gasteiger partial charge >= 0.3 is 0 Å². The average molecular weight is 287 g/mol. The summed E-state index contributed by atoms with van der Waals surface area (Å²) in [5.74, 6) is 2.25. The van der Waals surface area contributed by atoms with E-state index in [0.717, 1.165) is 24.4 Å². The molecule has 3 atom stereocenters. The van der Waals surface area contributed by atoms with E-state index in [1.807, 2.05) is 0 Å². The SMILES string of the molecule is CC(C)[C@@H]1CC[C@@H](C)C[C@H]1OCOCC[Si](C)(C)C. The number of rotatable bonds is 7. The van der Waals surface area contributed by atoms with Gasteiger partial charge in [-0.25, -0.2) is 0 Å². The van der Waals surface area contributed by atoms with Crippen molar-refractivity contribution in [3.05, 3.63) is 0 Å². The fourth-order valence-electron chi connectivity index (χ4n) is 2.88. The third-order valence-electron chi connectivity index (χ3n) is 4.32. The molecule has 1 fully saturated rings. The second kappa shape index (κ2) is 7.80. The first-order chi connectivity index (χ1) is 8.79. The molecule has 1 aliphatic carbocycles. The summed E-state index contributed by atoms with van der Waals surface area (Å²) >= 11 is 0. The van der Waals surface area contributed by atoms with Crippen LogP contribution in [0.2, 0.25) is 25.7 Å². The third-order valence-corrected chi connectivity index (χ3v) is 6.03. The zero-order chi connectivity index (χ0) is 14.5. The van der Waals surface area contributed by atoms with Crippen molar-refractivity contribution in [2.24, 2.45) is 17.8 Å². The van der Waals surface area contributed by atoms with E-state index in [4.69, 9.17) is 9.47 Å². The van der Waals surface area contributed by atoms with E-state index < -0.39 is 8.07 Å². The van der Waals surface area contributed by atoms with Crippen molar-refractivity contribution >= 4 is 8.07 Å². The first kappa shape index (κ1) is 17.2. The molecule has 0 spiro atoms. The summed E-state index contributed by atoms with van der Waals surface area (Å²) in [6, 6.07) is 1.23. The Labute approximate surface area is 121 Å². The van der Waals surface area contributed by atoms with Gasteiger partial charge < -0.3 is 9.47 Å². The Balaban J connectivity index is 2.25. The summed E-state index contributed by atoms with van der Waals surface area (Å²) in [6.45, 7) is 15.5. The Kier molecular flexibility index (Phi) is 7.05. The predicted molar refractivity (Wildman–Crippen MR) is 85.2 cm³/mol. The summed E-state index contributed by atoms with van der Waals surface area (Å²) in [6.07, 6.45) is 4.30. The van der Waals surface area contributed by atoms with Crippen LogP contribution in [-0.4, -0.2) is 27.6 Å². The minimum absolute atomic E-state index is 0.413. The van der Waals surface area contributed by atoms with Crippen LogP contribution < -0.4 is 0 Å². The Morgan fingerprint density at radius 2 is 1.84 bits per heavy atom. The normalized spacial score (nSPS) is 28.9. The molecule has 1 saturated carbocycles. The molecule has 0 bridgehead atoms. The largest absolute Gasteiger partial charge is 0.356 e. The monoisotopic (exact) mass is 286 g/mol. The minimum Gasteiger partial charge on any atom is -0.356 e. The average Bonchev–Trinajstić information content (AvgIpc) is 2.26. The summed E-state index contributed by atoms with van der Waals surface area (Å²) in [5, 5.41) is 0. The van der Waals surface area contributed by atoms with Gasteiger partial charge in [0.25, 0.3) is 0 Å². The van der Waals surface area contributed by atoms with E-state index in [1.165, 1.54) is 25.3 Å². The Bertz CT molecular complexity index is 248. The van der Waals surface area contributed by atoms with E-state index in [0.29, 0.717) is 12.9 Å². The molecule has 3 heteroatoms. The van der Waals surface area contributed by atoms with Crippen LogP contribution in [0.5, 0.6) is 0 Å². The van der Waals surface area contributed by atoms with Gasteiger partial charge in [-0.05, 0) is 36.6 Å². The van der Waals surface area contributed by atoms with Crippen LogP contribution in [0, 0.1) is 17.8 Å². The van der Waals surface area contributed by atoms with Gasteiger partial charge in [0.1, 0.15) is 6.79 Å². The van der Waals surface area contributed by atoms with Crippen LogP contribution in [0.15, 0.2) is 0 Å². The molecule has 2 nitrogen and oxygen atoms in total. The van der Waals surface area contributed by atoms with Crippen LogP contribution in [-0.2, 0) is 9.47 Å². The zero-order valence-electron chi connectivity index (χ0n) is 13.9. The van der Waals surface area contributed by atoms with Crippen LogP contribution in [0.25, 0.3) is 0 Å². The summed E-state index contributed by atoms with van der Waals surface area (Å²) in [7, 11) is -0.970. The van der Waals surface area contributed by atoms with Gasteiger partial charge in [0.2, 0.25) is 0 Å². The zero-order valence-corrected chi connectivity index (χ0v) is 14.9. The molecule has 0 amide bonds. The molecule has 0 aromatic rings. The van der Waals surface area contributed by atoms with Gasteiger partial charge in [0, 0.05) is 14.7 Å². The molecule has 19 heavy (non-hydrogen) atoms. The second-order valence-electron chi connectivity index (χ2n) is 7.87. The molecule has 1 aliphatic rings. The maximum Gasteiger partial charge on any atom is 0.147 e. The van der Waals surface area contributed by atoms with Gasteiger partial charge in [-0.2, -0.15) is 0 Å². The van der Waals surface area contributed by atoms with Crippen LogP contribution in [0.1, 0.15) is 40.0 Å². The van der Waals surface area contributed by atoms with Crippen molar-refractivity contribution in [1.82, 2.24) is 0 Å². The van der Waals surface area contributed by atoms with E-state index in [9.17, 15) is 0 Å². The Morgan fingerprint density at radius 3 is 2.42 bits per heavy atom. The number of hydrogen-bond acceptors (Lipinski definition) is 2. The summed E-state index contributed by atoms with van der Waals surface area (Å²) < 4.78 is 11.7. The lowest BCUT2D eigenvalue weighted by atomic mass is 9.75. The molecule has 0 aromatic carbocycles. The lowest BCUT2D eigenvalue weighted by molar-refractivity contribution is -0.125. The molecule has 0 radical (unpaired) electrons. The lowest BCUT2D eigenvalue weighted by Crippen LogP contribution is -2.35. The number of hydrogen-bond donors (Lipinski definition) is 0. The Morgan fingerprint density at radius 1 is 1.16 bits per heavy atom. The maximum atomic E-state index is 6.04. The van der Waals surface area contributed by atoms with Crippen LogP contribution in [0.3, 0.4) is 0 Å². The fraction of sp³-hybridized carbons (Fsp3) is 1.00. The molecular weight excluding hydrogens is 252 g/mol. The quantitative estimate of drug-likeness (QED) is 0.381. The van der Waals surface area contributed by atoms with Gasteiger partial charge in [-0.15, -0.1) is 0 Å². The first-order valence-corrected chi connectivity index (χ1v) is 11.7. The van der Waals surface area contributed by atoms with Crippen molar-refractivity contribution < 1.29 is 9.47 Å². The molecule has 0 saturated heterocycles. The van der Waals surface area contributed by atoms with E-state index in [1.54, 1.807) is 0 Å². The molecule has 0 heterocycles. The summed E-state index contributed by atoms with van der Waals surface area (Å²) in [5.41, 5.74) is 0. The predicted octanol–water partition coefficient (Wildman–Crippen LogP) is 4.78. The van der Waals surface area contributed by atoms with Crippen LogP contribution >= 0.6 is 0 Å². The van der Waals surface area contributed by atoms with Gasteiger partial charge in [0.05, 0.1) is 6.10 Å². The van der Waals surface area contributed by atoms with Gasteiger partial charge in [0.15, 0.2) is 0 Å². The van der Waals surface area contributed by atoms with Crippen molar-refractivity contribution in [2.75, 3.05) is 13.4 Å². The standard InChI is InChI=1S/C16H34O2Si/c1-13(2)15-8-7-14(3)11-16(15)18-12-17-9-10-19(4,5)6/h13-16H,7-12H2,1-6H3/t14-,15+,16-/m1/s1. The first-order valence-electron chi connectivity index (χ1n) is 7.99. The van der Waals surface area contributed by atoms with Crippen molar-refractivity contribution in [2.45, 2.75) is 71.8 Å². The minimum atomic E-state index is -0.970. The van der Waals surface area contributed by atoms with Gasteiger partial charge in [-0.1, -0.05) is 46.8 Å². The highest BCUT2D eigenvalue weighted by molar-refractivity contribution is 6.76. The van der Waals surface area contributed by atoms with Crippen LogP contribution in [0.4, 0.5) is 0 Å². The lowest BCUT2D eigenvalue weighted by Gasteiger charge is -2.37. The Hall–Kier alpha value is 0.137. The second-order valence-corrected chi connectivity index (χ2v) is 13.5. The van der Waals surface area contributed by atoms with Crippen molar-refractivity contribution in [3.8, 4) is 0 Å². The topological polar surface area (TPSA) is 18.5 Å². The fourth-order valence-corrected chi connectivity index (χ4v) is 3.64. The van der Waals surface area contributed by atoms with Crippen molar-refractivity contribution in [1.29, 1.82) is 0 Å². The smallest absolute Gasteiger partial charge is 0.147 e. The third kappa shape index (κ3) is 6.91. The molecule has 1 rings (SSSR count). The molecule has 0 aliphatic heterocycles. The molecule has 0 aromatic heterocycles. The number of ether oxygens (including phenoxy) is 2. The maximum absolute atomic E-state index is 6.04. The van der Waals surface area contributed by atoms with Crippen molar-refractivity contribution in [3.63, 3.8) is 0 Å². The van der Waals surface area contributed by atoms with Gasteiger partial charge in [-0.3, -0.25) is 0 Å². The van der Waals surface area contributed by atoms with E-state index in [-0.39, 0.29) is 0 Å². The van der Waals surface area contributed by atoms with E-state index >= 15 is 0 Å². The van der Waals surface area contributed by atoms with E-state index in [2.05, 4.69) is 40.4 Å². The highest BCUT2D eigenvalue weighted by atomic mass is 28.3. The molecule has 114 valence electrons. The molecular formula is C16H34O2Si. The molecule has 0 N–H and O–H groups in total. The highest BCUT2D eigenvalue weighted by Crippen LogP contribution is 2.35.